The van der Waals surface area contributed by atoms with Gasteiger partial charge in [-0.1, -0.05) is 24.3 Å². The van der Waals surface area contributed by atoms with Gasteiger partial charge in [0.15, 0.2) is 0 Å². The molecule has 2 N–H and O–H groups in total. The topological polar surface area (TPSA) is 91.0 Å². The number of hydrogen-bond acceptors (Lipinski definition) is 6. The fourth-order valence-electron chi connectivity index (χ4n) is 2.84. The van der Waals surface area contributed by atoms with Crippen LogP contribution in [0.15, 0.2) is 95.2 Å². The molecule has 2 aromatic carbocycles. The molecule has 2 heterocycles. The zero-order valence-electron chi connectivity index (χ0n) is 15.9. The molecule has 0 amide bonds. The van der Waals surface area contributed by atoms with Crippen LogP contribution in [-0.4, -0.2) is 32.6 Å². The van der Waals surface area contributed by atoms with Crippen LogP contribution in [-0.2, 0) is 0 Å². The number of aliphatic imine (C=N–C) groups is 2. The summed E-state index contributed by atoms with van der Waals surface area (Å²) in [6, 6.07) is 21.2. The van der Waals surface area contributed by atoms with E-state index < -0.39 is 0 Å². The highest BCUT2D eigenvalue weighted by molar-refractivity contribution is 5.90. The van der Waals surface area contributed by atoms with E-state index in [2.05, 4.69) is 20.0 Å². The van der Waals surface area contributed by atoms with Crippen molar-refractivity contribution in [1.29, 1.82) is 0 Å². The van der Waals surface area contributed by atoms with Crippen LogP contribution in [0, 0.1) is 0 Å². The van der Waals surface area contributed by atoms with Crippen molar-refractivity contribution in [1.82, 2.24) is 9.97 Å². The number of benzene rings is 2. The summed E-state index contributed by atoms with van der Waals surface area (Å²) in [7, 11) is 0. The minimum atomic E-state index is 0.150. The van der Waals surface area contributed by atoms with Crippen molar-refractivity contribution < 1.29 is 10.2 Å². The number of rotatable bonds is 5. The van der Waals surface area contributed by atoms with Crippen molar-refractivity contribution in [2.45, 2.75) is 0 Å². The standard InChI is InChI=1S/C24H18N4O2/c29-21-11-3-1-7-17(21)15-27-19-9-5-13-25-23(19)24-20(10-6-14-26-24)28-16-18-8-2-4-12-22(18)30/h1-16,29-30H. The van der Waals surface area contributed by atoms with Gasteiger partial charge in [0.25, 0.3) is 0 Å². The molecule has 0 unspecified atom stereocenters. The molecule has 0 aliphatic heterocycles. The summed E-state index contributed by atoms with van der Waals surface area (Å²) < 4.78 is 0. The maximum absolute atomic E-state index is 9.96. The average Bonchev–Trinajstić information content (AvgIpc) is 2.78. The Morgan fingerprint density at radius 1 is 0.567 bits per heavy atom. The number of aromatic nitrogens is 2. The normalized spacial score (nSPS) is 11.3. The SMILES string of the molecule is Oc1ccccc1C=Nc1cccnc1-c1ncccc1N=Cc1ccccc1O. The number of para-hydroxylation sites is 2. The molecule has 6 heteroatoms. The predicted octanol–water partition coefficient (Wildman–Crippen LogP) is 5.06. The van der Waals surface area contributed by atoms with Gasteiger partial charge in [-0.25, -0.2) is 0 Å². The maximum Gasteiger partial charge on any atom is 0.124 e. The average molecular weight is 394 g/mol. The maximum atomic E-state index is 9.96. The molecular formula is C24H18N4O2. The molecule has 0 aliphatic rings. The van der Waals surface area contributed by atoms with E-state index in [1.807, 2.05) is 24.3 Å². The molecular weight excluding hydrogens is 376 g/mol. The van der Waals surface area contributed by atoms with E-state index in [4.69, 9.17) is 0 Å². The lowest BCUT2D eigenvalue weighted by Gasteiger charge is -2.07. The Labute approximate surface area is 173 Å². The van der Waals surface area contributed by atoms with Gasteiger partial charge in [0.1, 0.15) is 22.9 Å². The Balaban J connectivity index is 1.72. The van der Waals surface area contributed by atoms with Crippen molar-refractivity contribution in [3.63, 3.8) is 0 Å². The van der Waals surface area contributed by atoms with Crippen molar-refractivity contribution in [3.8, 4) is 22.9 Å². The van der Waals surface area contributed by atoms with Gasteiger partial charge in [0.05, 0.1) is 11.4 Å². The number of phenolic OH excluding ortho intramolecular Hbond substituents is 2. The molecule has 0 aliphatic carbocycles. The first-order valence-electron chi connectivity index (χ1n) is 9.27. The van der Waals surface area contributed by atoms with E-state index in [-0.39, 0.29) is 11.5 Å². The van der Waals surface area contributed by atoms with E-state index in [1.165, 1.54) is 0 Å². The summed E-state index contributed by atoms with van der Waals surface area (Å²) in [4.78, 5) is 17.9. The second kappa shape index (κ2) is 8.79. The van der Waals surface area contributed by atoms with Crippen molar-refractivity contribution in [3.05, 3.63) is 96.3 Å². The highest BCUT2D eigenvalue weighted by atomic mass is 16.3. The Hall–Kier alpha value is -4.32. The molecule has 0 radical (unpaired) electrons. The van der Waals surface area contributed by atoms with Crippen molar-refractivity contribution >= 4 is 23.8 Å². The lowest BCUT2D eigenvalue weighted by atomic mass is 10.1. The lowest BCUT2D eigenvalue weighted by Crippen LogP contribution is -1.90. The molecule has 30 heavy (non-hydrogen) atoms. The first-order valence-corrected chi connectivity index (χ1v) is 9.27. The van der Waals surface area contributed by atoms with E-state index in [0.717, 1.165) is 0 Å². The molecule has 4 rings (SSSR count). The smallest absolute Gasteiger partial charge is 0.124 e. The number of hydrogen-bond donors (Lipinski definition) is 2. The Bertz CT molecular complexity index is 1140. The van der Waals surface area contributed by atoms with E-state index in [1.54, 1.807) is 73.4 Å². The Morgan fingerprint density at radius 3 is 1.43 bits per heavy atom. The number of phenols is 2. The van der Waals surface area contributed by atoms with Gasteiger partial charge in [0, 0.05) is 35.9 Å². The molecule has 0 fully saturated rings. The van der Waals surface area contributed by atoms with Crippen LogP contribution >= 0.6 is 0 Å². The lowest BCUT2D eigenvalue weighted by molar-refractivity contribution is 0.474. The molecule has 0 spiro atoms. The van der Waals surface area contributed by atoms with Crippen LogP contribution in [0.3, 0.4) is 0 Å². The van der Waals surface area contributed by atoms with Crippen molar-refractivity contribution in [2.75, 3.05) is 0 Å². The summed E-state index contributed by atoms with van der Waals surface area (Å²) in [6.07, 6.45) is 6.51. The third kappa shape index (κ3) is 4.23. The zero-order chi connectivity index (χ0) is 20.8. The quantitative estimate of drug-likeness (QED) is 0.463. The van der Waals surface area contributed by atoms with Crippen LogP contribution in [0.4, 0.5) is 11.4 Å². The minimum Gasteiger partial charge on any atom is -0.507 e. The molecule has 4 aromatic rings. The summed E-state index contributed by atoms with van der Waals surface area (Å²) in [5, 5.41) is 19.9. The fraction of sp³-hybridized carbons (Fsp3) is 0. The Morgan fingerprint density at radius 2 is 1.00 bits per heavy atom. The molecule has 0 saturated carbocycles. The molecule has 2 aromatic heterocycles. The van der Waals surface area contributed by atoms with Crippen LogP contribution in [0.2, 0.25) is 0 Å². The summed E-state index contributed by atoms with van der Waals surface area (Å²) in [5.41, 5.74) is 3.53. The monoisotopic (exact) mass is 394 g/mol. The highest BCUT2D eigenvalue weighted by Crippen LogP contribution is 2.33. The zero-order valence-corrected chi connectivity index (χ0v) is 15.9. The second-order valence-electron chi connectivity index (χ2n) is 6.38. The number of nitrogens with zero attached hydrogens (tertiary/aromatic N) is 4. The van der Waals surface area contributed by atoms with Crippen LogP contribution in [0.5, 0.6) is 11.5 Å². The van der Waals surface area contributed by atoms with E-state index >= 15 is 0 Å². The molecule has 0 bridgehead atoms. The van der Waals surface area contributed by atoms with Gasteiger partial charge in [-0.2, -0.15) is 0 Å². The van der Waals surface area contributed by atoms with Gasteiger partial charge in [-0.15, -0.1) is 0 Å². The van der Waals surface area contributed by atoms with Gasteiger partial charge in [-0.05, 0) is 48.5 Å². The van der Waals surface area contributed by atoms with Crippen LogP contribution in [0.1, 0.15) is 11.1 Å². The third-order valence-electron chi connectivity index (χ3n) is 4.36. The first-order chi connectivity index (χ1) is 14.7. The van der Waals surface area contributed by atoms with Gasteiger partial charge < -0.3 is 10.2 Å². The molecule has 0 atom stereocenters. The summed E-state index contributed by atoms with van der Waals surface area (Å²) >= 11 is 0. The molecule has 0 saturated heterocycles. The summed E-state index contributed by atoms with van der Waals surface area (Å²) in [5.74, 6) is 0.301. The van der Waals surface area contributed by atoms with Crippen LogP contribution < -0.4 is 0 Å². The van der Waals surface area contributed by atoms with Gasteiger partial charge >= 0.3 is 0 Å². The van der Waals surface area contributed by atoms with Crippen LogP contribution in [0.25, 0.3) is 11.4 Å². The number of aromatic hydroxyl groups is 2. The van der Waals surface area contributed by atoms with E-state index in [9.17, 15) is 10.2 Å². The Kier molecular flexibility index (Phi) is 5.57. The minimum absolute atomic E-state index is 0.150. The van der Waals surface area contributed by atoms with Crippen molar-refractivity contribution in [2.24, 2.45) is 9.98 Å². The third-order valence-corrected chi connectivity index (χ3v) is 4.36. The molecule has 146 valence electrons. The van der Waals surface area contributed by atoms with Gasteiger partial charge in [0.2, 0.25) is 0 Å². The summed E-state index contributed by atoms with van der Waals surface area (Å²) in [6.45, 7) is 0. The highest BCUT2D eigenvalue weighted by Gasteiger charge is 2.11. The second-order valence-corrected chi connectivity index (χ2v) is 6.38. The molecule has 6 nitrogen and oxygen atoms in total. The fourth-order valence-corrected chi connectivity index (χ4v) is 2.84. The first kappa shape index (κ1) is 19.0. The van der Waals surface area contributed by atoms with Gasteiger partial charge in [-0.3, -0.25) is 20.0 Å². The van der Waals surface area contributed by atoms with E-state index in [0.29, 0.717) is 33.9 Å². The predicted molar refractivity (Wildman–Crippen MR) is 118 cm³/mol. The largest absolute Gasteiger partial charge is 0.507 e. The number of pyridine rings is 2.